The van der Waals surface area contributed by atoms with Gasteiger partial charge in [-0.15, -0.1) is 0 Å². The molecular weight excluding hydrogens is 249 g/mol. The summed E-state index contributed by atoms with van der Waals surface area (Å²) in [6.45, 7) is 1.70. The Hall–Kier alpha value is -1.91. The molecule has 0 saturated heterocycles. The maximum atomic E-state index is 13.5. The zero-order chi connectivity index (χ0) is 14.0. The molecule has 0 unspecified atom stereocenters. The number of halogens is 1. The second-order valence-corrected chi connectivity index (χ2v) is 4.99. The highest BCUT2D eigenvalue weighted by molar-refractivity contribution is 5.95. The number of hydrogen-bond donors (Lipinski definition) is 1. The highest BCUT2D eigenvalue weighted by atomic mass is 19.1. The van der Waals surface area contributed by atoms with E-state index in [4.69, 9.17) is 5.11 Å². The fourth-order valence-electron chi connectivity index (χ4n) is 1.90. The number of aliphatic carboxylic acids is 1. The van der Waals surface area contributed by atoms with Crippen LogP contribution >= 0.6 is 0 Å². The number of nitrogens with zero attached hydrogens (tertiary/aromatic N) is 1. The molecular formula is C14H16FNO3. The molecule has 0 aliphatic heterocycles. The SMILES string of the molecule is Cc1ccc(C(=O)N(CC(=O)O)CC2CC2)cc1F. The summed E-state index contributed by atoms with van der Waals surface area (Å²) in [5, 5.41) is 8.84. The molecule has 0 radical (unpaired) electrons. The van der Waals surface area contributed by atoms with Crippen molar-refractivity contribution >= 4 is 11.9 Å². The van der Waals surface area contributed by atoms with Crippen molar-refractivity contribution in [2.24, 2.45) is 5.92 Å². The quantitative estimate of drug-likeness (QED) is 0.886. The Kier molecular flexibility index (Phi) is 3.83. The van der Waals surface area contributed by atoms with Crippen LogP contribution in [0.15, 0.2) is 18.2 Å². The van der Waals surface area contributed by atoms with Crippen LogP contribution in [-0.4, -0.2) is 35.0 Å². The van der Waals surface area contributed by atoms with E-state index in [9.17, 15) is 14.0 Å². The van der Waals surface area contributed by atoms with Gasteiger partial charge in [0.15, 0.2) is 0 Å². The average molecular weight is 265 g/mol. The summed E-state index contributed by atoms with van der Waals surface area (Å²) < 4.78 is 13.5. The van der Waals surface area contributed by atoms with E-state index in [0.29, 0.717) is 18.0 Å². The van der Waals surface area contributed by atoms with Crippen molar-refractivity contribution in [3.05, 3.63) is 35.1 Å². The summed E-state index contributed by atoms with van der Waals surface area (Å²) >= 11 is 0. The van der Waals surface area contributed by atoms with Crippen LogP contribution in [0.25, 0.3) is 0 Å². The zero-order valence-electron chi connectivity index (χ0n) is 10.7. The van der Waals surface area contributed by atoms with Crippen LogP contribution < -0.4 is 0 Å². The molecule has 5 heteroatoms. The van der Waals surface area contributed by atoms with Gasteiger partial charge in [0, 0.05) is 12.1 Å². The van der Waals surface area contributed by atoms with Crippen LogP contribution in [0.3, 0.4) is 0 Å². The topological polar surface area (TPSA) is 57.6 Å². The molecule has 2 rings (SSSR count). The van der Waals surface area contributed by atoms with Crippen molar-refractivity contribution in [3.8, 4) is 0 Å². The molecule has 0 spiro atoms. The minimum Gasteiger partial charge on any atom is -0.480 e. The van der Waals surface area contributed by atoms with Crippen LogP contribution in [0.2, 0.25) is 0 Å². The number of rotatable bonds is 5. The van der Waals surface area contributed by atoms with E-state index in [0.717, 1.165) is 12.8 Å². The standard InChI is InChI=1S/C14H16FNO3/c1-9-2-5-11(6-12(9)15)14(19)16(8-13(17)18)7-10-3-4-10/h2,5-6,10H,3-4,7-8H2,1H3,(H,17,18). The molecule has 1 fully saturated rings. The Morgan fingerprint density at radius 1 is 1.42 bits per heavy atom. The largest absolute Gasteiger partial charge is 0.480 e. The number of benzene rings is 1. The summed E-state index contributed by atoms with van der Waals surface area (Å²) in [7, 11) is 0. The lowest BCUT2D eigenvalue weighted by Gasteiger charge is -2.20. The second-order valence-electron chi connectivity index (χ2n) is 4.99. The van der Waals surface area contributed by atoms with E-state index in [-0.39, 0.29) is 12.1 Å². The van der Waals surface area contributed by atoms with Crippen molar-refractivity contribution in [1.29, 1.82) is 0 Å². The number of carboxylic acid groups (broad SMARTS) is 1. The minimum absolute atomic E-state index is 0.199. The van der Waals surface area contributed by atoms with Gasteiger partial charge in [-0.2, -0.15) is 0 Å². The van der Waals surface area contributed by atoms with Gasteiger partial charge in [-0.1, -0.05) is 6.07 Å². The average Bonchev–Trinajstić information content (AvgIpc) is 3.14. The molecule has 1 N–H and O–H groups in total. The predicted octanol–water partition coefficient (Wildman–Crippen LogP) is 2.07. The normalized spacial score (nSPS) is 14.2. The molecule has 102 valence electrons. The third kappa shape index (κ3) is 3.53. The smallest absolute Gasteiger partial charge is 0.323 e. The monoisotopic (exact) mass is 265 g/mol. The molecule has 4 nitrogen and oxygen atoms in total. The van der Waals surface area contributed by atoms with Crippen LogP contribution in [-0.2, 0) is 4.79 Å². The number of carbonyl (C=O) groups is 2. The predicted molar refractivity (Wildman–Crippen MR) is 67.4 cm³/mol. The first-order chi connectivity index (χ1) is 8.97. The number of carbonyl (C=O) groups excluding carboxylic acids is 1. The van der Waals surface area contributed by atoms with Crippen LogP contribution in [0.5, 0.6) is 0 Å². The Morgan fingerprint density at radius 3 is 2.63 bits per heavy atom. The third-order valence-corrected chi connectivity index (χ3v) is 3.21. The Labute approximate surface area is 110 Å². The molecule has 1 aliphatic rings. The van der Waals surface area contributed by atoms with E-state index in [1.165, 1.54) is 23.1 Å². The van der Waals surface area contributed by atoms with E-state index >= 15 is 0 Å². The number of carboxylic acids is 1. The van der Waals surface area contributed by atoms with Gasteiger partial charge in [-0.3, -0.25) is 9.59 Å². The van der Waals surface area contributed by atoms with Gasteiger partial charge in [0.25, 0.3) is 5.91 Å². The molecule has 1 aromatic rings. The molecule has 1 aliphatic carbocycles. The molecule has 1 aromatic carbocycles. The van der Waals surface area contributed by atoms with E-state index in [1.54, 1.807) is 6.92 Å². The van der Waals surface area contributed by atoms with Crippen molar-refractivity contribution in [2.75, 3.05) is 13.1 Å². The van der Waals surface area contributed by atoms with E-state index < -0.39 is 17.7 Å². The van der Waals surface area contributed by atoms with Gasteiger partial charge in [-0.25, -0.2) is 4.39 Å². The van der Waals surface area contributed by atoms with Gasteiger partial charge >= 0.3 is 5.97 Å². The lowest BCUT2D eigenvalue weighted by molar-refractivity contribution is -0.137. The maximum Gasteiger partial charge on any atom is 0.323 e. The van der Waals surface area contributed by atoms with Crippen LogP contribution in [0.4, 0.5) is 4.39 Å². The van der Waals surface area contributed by atoms with Crippen LogP contribution in [0, 0.1) is 18.7 Å². The maximum absolute atomic E-state index is 13.5. The molecule has 19 heavy (non-hydrogen) atoms. The second kappa shape index (κ2) is 5.38. The first kappa shape index (κ1) is 13.5. The van der Waals surface area contributed by atoms with Crippen molar-refractivity contribution in [3.63, 3.8) is 0 Å². The van der Waals surface area contributed by atoms with Gasteiger partial charge in [0.2, 0.25) is 0 Å². The zero-order valence-corrected chi connectivity index (χ0v) is 10.7. The Bertz CT molecular complexity index is 511. The molecule has 1 amide bonds. The fraction of sp³-hybridized carbons (Fsp3) is 0.429. The van der Waals surface area contributed by atoms with E-state index in [2.05, 4.69) is 0 Å². The molecule has 0 atom stereocenters. The lowest BCUT2D eigenvalue weighted by Crippen LogP contribution is -2.37. The highest BCUT2D eigenvalue weighted by Crippen LogP contribution is 2.30. The van der Waals surface area contributed by atoms with Gasteiger partial charge in [0.05, 0.1) is 0 Å². The molecule has 0 heterocycles. The van der Waals surface area contributed by atoms with Gasteiger partial charge in [-0.05, 0) is 43.4 Å². The molecule has 0 bridgehead atoms. The first-order valence-electron chi connectivity index (χ1n) is 6.24. The van der Waals surface area contributed by atoms with Crippen LogP contribution in [0.1, 0.15) is 28.8 Å². The van der Waals surface area contributed by atoms with Crippen molar-refractivity contribution in [2.45, 2.75) is 19.8 Å². The summed E-state index contributed by atoms with van der Waals surface area (Å²) in [5.74, 6) is -1.54. The highest BCUT2D eigenvalue weighted by Gasteiger charge is 2.28. The summed E-state index contributed by atoms with van der Waals surface area (Å²) in [6.07, 6.45) is 2.04. The van der Waals surface area contributed by atoms with Gasteiger partial charge in [0.1, 0.15) is 12.4 Å². The summed E-state index contributed by atoms with van der Waals surface area (Å²) in [6, 6.07) is 4.22. The number of amides is 1. The van der Waals surface area contributed by atoms with Crippen molar-refractivity contribution in [1.82, 2.24) is 4.90 Å². The number of hydrogen-bond acceptors (Lipinski definition) is 2. The third-order valence-electron chi connectivity index (χ3n) is 3.21. The number of aryl methyl sites for hydroxylation is 1. The summed E-state index contributed by atoms with van der Waals surface area (Å²) in [4.78, 5) is 24.3. The minimum atomic E-state index is -1.05. The Balaban J connectivity index is 2.16. The fourth-order valence-corrected chi connectivity index (χ4v) is 1.90. The van der Waals surface area contributed by atoms with Gasteiger partial charge < -0.3 is 10.0 Å². The van der Waals surface area contributed by atoms with E-state index in [1.807, 2.05) is 0 Å². The molecule has 0 aromatic heterocycles. The molecule has 1 saturated carbocycles. The Morgan fingerprint density at radius 2 is 2.11 bits per heavy atom. The van der Waals surface area contributed by atoms with Crippen molar-refractivity contribution < 1.29 is 19.1 Å². The summed E-state index contributed by atoms with van der Waals surface area (Å²) in [5.41, 5.74) is 0.661. The first-order valence-corrected chi connectivity index (χ1v) is 6.24. The lowest BCUT2D eigenvalue weighted by atomic mass is 10.1.